The van der Waals surface area contributed by atoms with Gasteiger partial charge in [0.1, 0.15) is 5.01 Å². The monoisotopic (exact) mass is 295 g/mol. The zero-order valence-corrected chi connectivity index (χ0v) is 14.2. The molecule has 0 radical (unpaired) electrons. The van der Waals surface area contributed by atoms with Gasteiger partial charge >= 0.3 is 0 Å². The molecule has 0 bridgehead atoms. The van der Waals surface area contributed by atoms with Crippen molar-refractivity contribution in [2.75, 3.05) is 13.6 Å². The predicted octanol–water partition coefficient (Wildman–Crippen LogP) is 3.39. The van der Waals surface area contributed by atoms with Gasteiger partial charge in [-0.1, -0.05) is 33.6 Å². The number of nitrogens with two attached hydrogens (primary N) is 1. The largest absolute Gasteiger partial charge is 0.330 e. The van der Waals surface area contributed by atoms with Crippen LogP contribution in [-0.2, 0) is 12.0 Å². The number of thiazole rings is 1. The van der Waals surface area contributed by atoms with E-state index in [-0.39, 0.29) is 5.41 Å². The third-order valence-electron chi connectivity index (χ3n) is 4.44. The van der Waals surface area contributed by atoms with E-state index in [4.69, 9.17) is 10.7 Å². The molecule has 0 aromatic carbocycles. The van der Waals surface area contributed by atoms with E-state index in [1.807, 2.05) is 0 Å². The average molecular weight is 295 g/mol. The van der Waals surface area contributed by atoms with Gasteiger partial charge in [0.15, 0.2) is 0 Å². The van der Waals surface area contributed by atoms with Crippen LogP contribution in [-0.4, -0.2) is 29.5 Å². The van der Waals surface area contributed by atoms with Crippen LogP contribution in [0.1, 0.15) is 57.2 Å². The van der Waals surface area contributed by atoms with Gasteiger partial charge in [-0.2, -0.15) is 0 Å². The Kier molecular flexibility index (Phi) is 5.21. The van der Waals surface area contributed by atoms with Crippen molar-refractivity contribution in [2.24, 2.45) is 11.7 Å². The third kappa shape index (κ3) is 3.80. The Morgan fingerprint density at radius 1 is 1.35 bits per heavy atom. The van der Waals surface area contributed by atoms with E-state index in [2.05, 4.69) is 38.1 Å². The topological polar surface area (TPSA) is 42.2 Å². The highest BCUT2D eigenvalue weighted by Crippen LogP contribution is 2.29. The van der Waals surface area contributed by atoms with Crippen molar-refractivity contribution < 1.29 is 0 Å². The standard InChI is InChI=1S/C16H29N3S/c1-16(2,3)14-11-20-15(18-14)10-19(4)13-8-6-5-7-12(13)9-17/h11-13H,5-10,17H2,1-4H3. The molecular formula is C16H29N3S. The molecule has 2 atom stereocenters. The number of hydrogen-bond acceptors (Lipinski definition) is 4. The van der Waals surface area contributed by atoms with Crippen molar-refractivity contribution in [2.45, 2.75) is 64.5 Å². The van der Waals surface area contributed by atoms with Gasteiger partial charge < -0.3 is 5.73 Å². The molecule has 2 unspecified atom stereocenters. The van der Waals surface area contributed by atoms with Crippen LogP contribution in [0.15, 0.2) is 5.38 Å². The first-order valence-electron chi connectivity index (χ1n) is 7.77. The summed E-state index contributed by atoms with van der Waals surface area (Å²) in [5.41, 5.74) is 7.31. The van der Waals surface area contributed by atoms with Gasteiger partial charge in [-0.15, -0.1) is 11.3 Å². The van der Waals surface area contributed by atoms with Gasteiger partial charge in [0.05, 0.1) is 12.2 Å². The summed E-state index contributed by atoms with van der Waals surface area (Å²) in [5.74, 6) is 0.663. The van der Waals surface area contributed by atoms with Crippen molar-refractivity contribution in [3.8, 4) is 0 Å². The van der Waals surface area contributed by atoms with Gasteiger partial charge in [-0.05, 0) is 32.4 Å². The smallest absolute Gasteiger partial charge is 0.107 e. The van der Waals surface area contributed by atoms with Crippen LogP contribution < -0.4 is 5.73 Å². The zero-order chi connectivity index (χ0) is 14.8. The Morgan fingerprint density at radius 3 is 2.65 bits per heavy atom. The molecule has 1 heterocycles. The van der Waals surface area contributed by atoms with E-state index < -0.39 is 0 Å². The molecule has 1 fully saturated rings. The summed E-state index contributed by atoms with van der Waals surface area (Å²) in [6, 6.07) is 0.635. The van der Waals surface area contributed by atoms with E-state index in [0.29, 0.717) is 12.0 Å². The Morgan fingerprint density at radius 2 is 2.05 bits per heavy atom. The van der Waals surface area contributed by atoms with Crippen LogP contribution in [0.5, 0.6) is 0 Å². The molecule has 0 spiro atoms. The molecule has 1 aliphatic rings. The lowest BCUT2D eigenvalue weighted by Gasteiger charge is -2.37. The third-order valence-corrected chi connectivity index (χ3v) is 5.28. The van der Waals surface area contributed by atoms with Crippen LogP contribution in [0.4, 0.5) is 0 Å². The lowest BCUT2D eigenvalue weighted by molar-refractivity contribution is 0.127. The quantitative estimate of drug-likeness (QED) is 0.926. The number of aromatic nitrogens is 1. The Bertz CT molecular complexity index is 422. The van der Waals surface area contributed by atoms with Crippen LogP contribution in [0, 0.1) is 5.92 Å². The van der Waals surface area contributed by atoms with Crippen molar-refractivity contribution in [3.63, 3.8) is 0 Å². The Hall–Kier alpha value is -0.450. The maximum absolute atomic E-state index is 5.95. The van der Waals surface area contributed by atoms with Crippen LogP contribution in [0.25, 0.3) is 0 Å². The highest BCUT2D eigenvalue weighted by atomic mass is 32.1. The van der Waals surface area contributed by atoms with Crippen molar-refractivity contribution >= 4 is 11.3 Å². The summed E-state index contributed by atoms with van der Waals surface area (Å²) in [6.45, 7) is 8.45. The maximum atomic E-state index is 5.95. The lowest BCUT2D eigenvalue weighted by atomic mass is 9.84. The van der Waals surface area contributed by atoms with Gasteiger partial charge in [0.25, 0.3) is 0 Å². The van der Waals surface area contributed by atoms with Crippen molar-refractivity contribution in [1.82, 2.24) is 9.88 Å². The highest BCUT2D eigenvalue weighted by Gasteiger charge is 2.28. The number of hydrogen-bond donors (Lipinski definition) is 1. The van der Waals surface area contributed by atoms with E-state index in [9.17, 15) is 0 Å². The number of rotatable bonds is 4. The maximum Gasteiger partial charge on any atom is 0.107 e. The lowest BCUT2D eigenvalue weighted by Crippen LogP contribution is -2.42. The first kappa shape index (κ1) is 15.9. The van der Waals surface area contributed by atoms with E-state index in [1.165, 1.54) is 36.4 Å². The van der Waals surface area contributed by atoms with E-state index >= 15 is 0 Å². The summed E-state index contributed by atoms with van der Waals surface area (Å²) in [7, 11) is 2.23. The molecule has 2 N–H and O–H groups in total. The second-order valence-electron chi connectivity index (χ2n) is 7.14. The van der Waals surface area contributed by atoms with Crippen LogP contribution >= 0.6 is 11.3 Å². The Labute approximate surface area is 127 Å². The van der Waals surface area contributed by atoms with Gasteiger partial charge in [-0.25, -0.2) is 4.98 Å². The molecule has 0 saturated heterocycles. The summed E-state index contributed by atoms with van der Waals surface area (Å²) < 4.78 is 0. The predicted molar refractivity (Wildman–Crippen MR) is 87.1 cm³/mol. The first-order valence-corrected chi connectivity index (χ1v) is 8.65. The summed E-state index contributed by atoms with van der Waals surface area (Å²) in [4.78, 5) is 7.29. The van der Waals surface area contributed by atoms with Crippen LogP contribution in [0.3, 0.4) is 0 Å². The molecule has 4 heteroatoms. The highest BCUT2D eigenvalue weighted by molar-refractivity contribution is 7.09. The molecule has 2 rings (SSSR count). The fraction of sp³-hybridized carbons (Fsp3) is 0.812. The molecule has 20 heavy (non-hydrogen) atoms. The van der Waals surface area contributed by atoms with Crippen molar-refractivity contribution in [3.05, 3.63) is 16.1 Å². The SMILES string of the molecule is CN(Cc1nc(C(C)(C)C)cs1)C1CCCCC1CN. The van der Waals surface area contributed by atoms with E-state index in [0.717, 1.165) is 13.1 Å². The summed E-state index contributed by atoms with van der Waals surface area (Å²) in [5, 5.41) is 3.45. The average Bonchev–Trinajstić information content (AvgIpc) is 2.87. The second-order valence-corrected chi connectivity index (χ2v) is 8.08. The minimum atomic E-state index is 0.151. The minimum Gasteiger partial charge on any atom is -0.330 e. The molecule has 1 aliphatic carbocycles. The molecule has 1 aromatic heterocycles. The molecular weight excluding hydrogens is 266 g/mol. The first-order chi connectivity index (χ1) is 9.41. The summed E-state index contributed by atoms with van der Waals surface area (Å²) in [6.07, 6.45) is 5.26. The van der Waals surface area contributed by atoms with Gasteiger partial charge in [0.2, 0.25) is 0 Å². The number of nitrogens with zero attached hydrogens (tertiary/aromatic N) is 2. The molecule has 0 aliphatic heterocycles. The molecule has 3 nitrogen and oxygen atoms in total. The molecule has 1 aromatic rings. The molecule has 0 amide bonds. The molecule has 1 saturated carbocycles. The summed E-state index contributed by atoms with van der Waals surface area (Å²) >= 11 is 1.79. The minimum absolute atomic E-state index is 0.151. The van der Waals surface area contributed by atoms with Crippen molar-refractivity contribution in [1.29, 1.82) is 0 Å². The Balaban J connectivity index is 2.00. The van der Waals surface area contributed by atoms with E-state index in [1.54, 1.807) is 11.3 Å². The second kappa shape index (κ2) is 6.54. The van der Waals surface area contributed by atoms with Gasteiger partial charge in [-0.3, -0.25) is 4.90 Å². The van der Waals surface area contributed by atoms with Crippen LogP contribution in [0.2, 0.25) is 0 Å². The zero-order valence-electron chi connectivity index (χ0n) is 13.4. The fourth-order valence-electron chi connectivity index (χ4n) is 3.10. The molecule has 114 valence electrons. The fourth-order valence-corrected chi connectivity index (χ4v) is 4.19. The van der Waals surface area contributed by atoms with Gasteiger partial charge in [0, 0.05) is 16.8 Å². The normalized spacial score (nSPS) is 24.3.